The van der Waals surface area contributed by atoms with Gasteiger partial charge in [0.05, 0.1) is 17.3 Å². The van der Waals surface area contributed by atoms with Gasteiger partial charge in [-0.1, -0.05) is 24.7 Å². The maximum absolute atomic E-state index is 5.71. The van der Waals surface area contributed by atoms with Gasteiger partial charge in [-0.25, -0.2) is 4.98 Å². The first-order chi connectivity index (χ1) is 7.24. The molecule has 80 valence electrons. The third kappa shape index (κ3) is 1.90. The van der Waals surface area contributed by atoms with Crippen LogP contribution < -0.4 is 10.5 Å². The molecule has 0 fully saturated rings. The van der Waals surface area contributed by atoms with Crippen LogP contribution in [-0.2, 0) is 6.42 Å². The molecule has 0 radical (unpaired) electrons. The lowest BCUT2D eigenvalue weighted by molar-refractivity contribution is 0.415. The van der Waals surface area contributed by atoms with Gasteiger partial charge in [-0.2, -0.15) is 0 Å². The highest BCUT2D eigenvalue weighted by atomic mass is 32.1. The van der Waals surface area contributed by atoms with Crippen molar-refractivity contribution < 1.29 is 4.74 Å². The molecule has 0 amide bonds. The lowest BCUT2D eigenvalue weighted by Gasteiger charge is -2.04. The first-order valence-corrected chi connectivity index (χ1v) is 5.79. The number of aryl methyl sites for hydroxylation is 1. The van der Waals surface area contributed by atoms with Crippen LogP contribution in [0.4, 0.5) is 5.13 Å². The van der Waals surface area contributed by atoms with Crippen molar-refractivity contribution in [3.05, 3.63) is 17.7 Å². The Bertz CT molecular complexity index is 479. The number of rotatable bonds is 3. The van der Waals surface area contributed by atoms with Crippen LogP contribution in [0.5, 0.6) is 5.75 Å². The van der Waals surface area contributed by atoms with Gasteiger partial charge in [0.15, 0.2) is 5.13 Å². The smallest absolute Gasteiger partial charge is 0.181 e. The van der Waals surface area contributed by atoms with E-state index in [2.05, 4.69) is 11.9 Å². The first-order valence-electron chi connectivity index (χ1n) is 4.97. The van der Waals surface area contributed by atoms with Crippen molar-refractivity contribution in [3.8, 4) is 5.75 Å². The number of benzene rings is 1. The van der Waals surface area contributed by atoms with Gasteiger partial charge >= 0.3 is 0 Å². The van der Waals surface area contributed by atoms with Crippen LogP contribution in [0.1, 0.15) is 18.9 Å². The van der Waals surface area contributed by atoms with Crippen LogP contribution in [0.25, 0.3) is 10.2 Å². The summed E-state index contributed by atoms with van der Waals surface area (Å²) in [5.41, 5.74) is 7.96. The SMILES string of the molecule is CCCc1cc(OC)cc2sc(N)nc12. The van der Waals surface area contributed by atoms with Crippen molar-refractivity contribution in [1.29, 1.82) is 0 Å². The highest BCUT2D eigenvalue weighted by Gasteiger charge is 2.08. The Hall–Kier alpha value is -1.29. The summed E-state index contributed by atoms with van der Waals surface area (Å²) in [5, 5.41) is 0.621. The molecule has 0 bridgehead atoms. The number of aromatic nitrogens is 1. The molecule has 4 heteroatoms. The molecule has 0 aliphatic rings. The van der Waals surface area contributed by atoms with E-state index in [1.807, 2.05) is 12.1 Å². The van der Waals surface area contributed by atoms with Crippen molar-refractivity contribution >= 4 is 26.7 Å². The Morgan fingerprint density at radius 2 is 2.27 bits per heavy atom. The van der Waals surface area contributed by atoms with Crippen molar-refractivity contribution in [2.75, 3.05) is 12.8 Å². The van der Waals surface area contributed by atoms with Crippen molar-refractivity contribution in [2.45, 2.75) is 19.8 Å². The first kappa shape index (κ1) is 10.2. The van der Waals surface area contributed by atoms with Gasteiger partial charge in [0.1, 0.15) is 5.75 Å². The van der Waals surface area contributed by atoms with E-state index in [9.17, 15) is 0 Å². The van der Waals surface area contributed by atoms with Crippen LogP contribution in [-0.4, -0.2) is 12.1 Å². The van der Waals surface area contributed by atoms with Gasteiger partial charge in [-0.15, -0.1) is 0 Å². The minimum atomic E-state index is 0.621. The van der Waals surface area contributed by atoms with Crippen molar-refractivity contribution in [1.82, 2.24) is 4.98 Å². The average molecular weight is 222 g/mol. The Kier molecular flexibility index (Phi) is 2.77. The number of anilines is 1. The molecule has 1 aromatic carbocycles. The van der Waals surface area contributed by atoms with Gasteiger partial charge < -0.3 is 10.5 Å². The summed E-state index contributed by atoms with van der Waals surface area (Å²) in [6.07, 6.45) is 2.11. The number of ether oxygens (including phenoxy) is 1. The number of thiazole rings is 1. The number of methoxy groups -OCH3 is 1. The molecule has 0 unspecified atom stereocenters. The summed E-state index contributed by atoms with van der Waals surface area (Å²) in [6.45, 7) is 2.15. The van der Waals surface area contributed by atoms with Crippen molar-refractivity contribution in [2.24, 2.45) is 0 Å². The molecule has 15 heavy (non-hydrogen) atoms. The molecule has 0 atom stereocenters. The summed E-state index contributed by atoms with van der Waals surface area (Å²) in [7, 11) is 1.68. The zero-order valence-corrected chi connectivity index (χ0v) is 9.73. The third-order valence-corrected chi connectivity index (χ3v) is 3.15. The fourth-order valence-electron chi connectivity index (χ4n) is 1.67. The molecule has 0 aliphatic carbocycles. The third-order valence-electron chi connectivity index (χ3n) is 2.32. The summed E-state index contributed by atoms with van der Waals surface area (Å²) in [6, 6.07) is 4.04. The van der Waals surface area contributed by atoms with E-state index in [0.29, 0.717) is 5.13 Å². The summed E-state index contributed by atoms with van der Waals surface area (Å²) >= 11 is 1.51. The Morgan fingerprint density at radius 1 is 1.47 bits per heavy atom. The predicted molar refractivity (Wildman–Crippen MR) is 64.6 cm³/mol. The number of fused-ring (bicyclic) bond motifs is 1. The lowest BCUT2D eigenvalue weighted by atomic mass is 10.1. The molecule has 0 aliphatic heterocycles. The van der Waals surface area contributed by atoms with Crippen LogP contribution in [0.3, 0.4) is 0 Å². The standard InChI is InChI=1S/C11H14N2OS/c1-3-4-7-5-8(14-2)6-9-10(7)13-11(12)15-9/h5-6H,3-4H2,1-2H3,(H2,12,13). The minimum absolute atomic E-state index is 0.621. The molecular weight excluding hydrogens is 208 g/mol. The van der Waals surface area contributed by atoms with E-state index < -0.39 is 0 Å². The highest BCUT2D eigenvalue weighted by molar-refractivity contribution is 7.22. The van der Waals surface area contributed by atoms with E-state index in [0.717, 1.165) is 28.8 Å². The van der Waals surface area contributed by atoms with E-state index in [1.54, 1.807) is 7.11 Å². The van der Waals surface area contributed by atoms with E-state index in [4.69, 9.17) is 10.5 Å². The number of hydrogen-bond donors (Lipinski definition) is 1. The van der Waals surface area contributed by atoms with Gasteiger partial charge in [0.2, 0.25) is 0 Å². The summed E-state index contributed by atoms with van der Waals surface area (Å²) in [5.74, 6) is 0.884. The fraction of sp³-hybridized carbons (Fsp3) is 0.364. The largest absolute Gasteiger partial charge is 0.497 e. The molecule has 1 aromatic heterocycles. The highest BCUT2D eigenvalue weighted by Crippen LogP contribution is 2.31. The Morgan fingerprint density at radius 3 is 2.93 bits per heavy atom. The number of nitrogens with zero attached hydrogens (tertiary/aromatic N) is 1. The monoisotopic (exact) mass is 222 g/mol. The van der Waals surface area contributed by atoms with E-state index >= 15 is 0 Å². The maximum Gasteiger partial charge on any atom is 0.181 e. The van der Waals surface area contributed by atoms with Crippen LogP contribution in [0.2, 0.25) is 0 Å². The molecule has 0 saturated heterocycles. The van der Waals surface area contributed by atoms with Gasteiger partial charge in [0, 0.05) is 0 Å². The zero-order chi connectivity index (χ0) is 10.8. The number of nitrogen functional groups attached to an aromatic ring is 1. The maximum atomic E-state index is 5.71. The summed E-state index contributed by atoms with van der Waals surface area (Å²) in [4.78, 5) is 4.35. The fourth-order valence-corrected chi connectivity index (χ4v) is 2.48. The molecular formula is C11H14N2OS. The molecule has 0 saturated carbocycles. The second-order valence-electron chi connectivity index (χ2n) is 3.44. The summed E-state index contributed by atoms with van der Waals surface area (Å²) < 4.78 is 6.36. The second kappa shape index (κ2) is 4.06. The van der Waals surface area contributed by atoms with Gasteiger partial charge in [-0.05, 0) is 24.1 Å². The number of nitrogens with two attached hydrogens (primary N) is 1. The molecule has 0 spiro atoms. The zero-order valence-electron chi connectivity index (χ0n) is 8.91. The molecule has 2 N–H and O–H groups in total. The topological polar surface area (TPSA) is 48.1 Å². The molecule has 2 aromatic rings. The average Bonchev–Trinajstić information content (AvgIpc) is 2.58. The van der Waals surface area contributed by atoms with E-state index in [1.165, 1.54) is 16.9 Å². The van der Waals surface area contributed by atoms with Crippen LogP contribution in [0, 0.1) is 0 Å². The number of hydrogen-bond acceptors (Lipinski definition) is 4. The minimum Gasteiger partial charge on any atom is -0.497 e. The van der Waals surface area contributed by atoms with Gasteiger partial charge in [0.25, 0.3) is 0 Å². The molecule has 1 heterocycles. The normalized spacial score (nSPS) is 10.8. The molecule has 3 nitrogen and oxygen atoms in total. The second-order valence-corrected chi connectivity index (χ2v) is 4.50. The van der Waals surface area contributed by atoms with Gasteiger partial charge in [-0.3, -0.25) is 0 Å². The lowest BCUT2D eigenvalue weighted by Crippen LogP contribution is -1.89. The Labute approximate surface area is 92.9 Å². The van der Waals surface area contributed by atoms with Crippen LogP contribution >= 0.6 is 11.3 Å². The predicted octanol–water partition coefficient (Wildman–Crippen LogP) is 2.84. The van der Waals surface area contributed by atoms with Crippen LogP contribution in [0.15, 0.2) is 12.1 Å². The molecule has 2 rings (SSSR count). The quantitative estimate of drug-likeness (QED) is 0.868. The Balaban J connectivity index is 2.62. The van der Waals surface area contributed by atoms with E-state index in [-0.39, 0.29) is 0 Å². The van der Waals surface area contributed by atoms with Crippen molar-refractivity contribution in [3.63, 3.8) is 0 Å².